The first-order valence-corrected chi connectivity index (χ1v) is 13.3. The summed E-state index contributed by atoms with van der Waals surface area (Å²) in [7, 11) is 1.37. The van der Waals surface area contributed by atoms with Crippen molar-refractivity contribution in [1.82, 2.24) is 15.5 Å². The fourth-order valence-electron chi connectivity index (χ4n) is 4.95. The zero-order valence-corrected chi connectivity index (χ0v) is 22.6. The Morgan fingerprint density at radius 1 is 1.05 bits per heavy atom. The fourth-order valence-corrected chi connectivity index (χ4v) is 4.95. The first-order valence-electron chi connectivity index (χ1n) is 13.3. The molecule has 2 N–H and O–H groups in total. The second kappa shape index (κ2) is 12.2. The molecule has 0 aromatic heterocycles. The number of fused-ring (bicyclic) bond motifs is 7. The third-order valence-electron chi connectivity index (χ3n) is 7.24. The van der Waals surface area contributed by atoms with Gasteiger partial charge in [0, 0.05) is 31.7 Å². The van der Waals surface area contributed by atoms with Gasteiger partial charge in [0.15, 0.2) is 6.61 Å². The molecule has 208 valence electrons. The highest BCUT2D eigenvalue weighted by Gasteiger charge is 2.32. The Kier molecular flexibility index (Phi) is 8.31. The Balaban J connectivity index is 1.37. The van der Waals surface area contributed by atoms with Gasteiger partial charge in [-0.15, -0.1) is 0 Å². The van der Waals surface area contributed by atoms with Crippen LogP contribution in [0.3, 0.4) is 0 Å². The van der Waals surface area contributed by atoms with Gasteiger partial charge in [0.25, 0.3) is 11.8 Å². The Morgan fingerprint density at radius 3 is 2.58 bits per heavy atom. The summed E-state index contributed by atoms with van der Waals surface area (Å²) in [5.74, 6) is 0.345. The van der Waals surface area contributed by atoms with Crippen molar-refractivity contribution in [2.75, 3.05) is 26.8 Å². The van der Waals surface area contributed by atoms with Crippen molar-refractivity contribution in [3.63, 3.8) is 0 Å². The lowest BCUT2D eigenvalue weighted by atomic mass is 10.00. The number of rotatable bonds is 3. The molecule has 0 aliphatic carbocycles. The highest BCUT2D eigenvalue weighted by molar-refractivity contribution is 5.95. The van der Waals surface area contributed by atoms with E-state index < -0.39 is 0 Å². The molecule has 3 aliphatic heterocycles. The van der Waals surface area contributed by atoms with Gasteiger partial charge in [0.2, 0.25) is 0 Å². The summed E-state index contributed by atoms with van der Waals surface area (Å²) in [6.07, 6.45) is 0.481. The quantitative estimate of drug-likeness (QED) is 0.489. The van der Waals surface area contributed by atoms with E-state index in [1.807, 2.05) is 49.4 Å². The number of aryl methyl sites for hydroxylation is 1. The van der Waals surface area contributed by atoms with Crippen LogP contribution in [0.2, 0.25) is 0 Å². The van der Waals surface area contributed by atoms with Gasteiger partial charge in [0.1, 0.15) is 17.6 Å². The lowest BCUT2D eigenvalue weighted by Crippen LogP contribution is -2.56. The molecule has 6 rings (SSSR count). The van der Waals surface area contributed by atoms with Crippen LogP contribution in [0.15, 0.2) is 66.7 Å². The predicted octanol–water partition coefficient (Wildman–Crippen LogP) is 3.24. The van der Waals surface area contributed by atoms with Gasteiger partial charge in [-0.25, -0.2) is 4.79 Å². The van der Waals surface area contributed by atoms with Crippen LogP contribution >= 0.6 is 0 Å². The van der Waals surface area contributed by atoms with Gasteiger partial charge < -0.3 is 24.8 Å². The average molecular weight is 544 g/mol. The third kappa shape index (κ3) is 6.60. The molecule has 0 spiro atoms. The molecule has 40 heavy (non-hydrogen) atoms. The molecule has 3 aliphatic rings. The van der Waals surface area contributed by atoms with Crippen molar-refractivity contribution < 1.29 is 28.6 Å². The van der Waals surface area contributed by atoms with E-state index >= 15 is 0 Å². The van der Waals surface area contributed by atoms with Crippen LogP contribution in [0.5, 0.6) is 11.5 Å². The smallest absolute Gasteiger partial charge is 0.337 e. The normalized spacial score (nSPS) is 19.8. The standard InChI is InChI=1S/C31H33N3O6/c1-20-3-8-24-15-28(20)39-19-29(35)32-16-21-6-11-25(12-7-21)40-27-13-14-34(18-26(27)33-30(24)36)17-22-4-9-23(10-5-22)31(37)38-2/h3-12,15,26-27H,13-14,16-19H2,1-2H3,(H,32,35)(H,33,36)/t26-,27-/m0/s1. The van der Waals surface area contributed by atoms with E-state index in [1.54, 1.807) is 24.3 Å². The number of hydrogen-bond donors (Lipinski definition) is 2. The van der Waals surface area contributed by atoms with Crippen molar-refractivity contribution in [1.29, 1.82) is 0 Å². The maximum Gasteiger partial charge on any atom is 0.337 e. The molecule has 1 fully saturated rings. The van der Waals surface area contributed by atoms with E-state index in [-0.39, 0.29) is 36.5 Å². The Morgan fingerprint density at radius 2 is 1.82 bits per heavy atom. The van der Waals surface area contributed by atoms with E-state index in [4.69, 9.17) is 14.2 Å². The molecule has 0 unspecified atom stereocenters. The van der Waals surface area contributed by atoms with Crippen molar-refractivity contribution in [2.45, 2.75) is 38.6 Å². The minimum atomic E-state index is -0.366. The minimum absolute atomic E-state index is 0.145. The van der Waals surface area contributed by atoms with E-state index in [1.165, 1.54) is 7.11 Å². The molecule has 4 bridgehead atoms. The molecule has 2 atom stereocenters. The molecule has 1 saturated heterocycles. The Bertz CT molecular complexity index is 1370. The summed E-state index contributed by atoms with van der Waals surface area (Å²) < 4.78 is 16.9. The van der Waals surface area contributed by atoms with Crippen LogP contribution in [0.25, 0.3) is 0 Å². The number of nitrogens with zero attached hydrogens (tertiary/aromatic N) is 1. The molecule has 2 amide bonds. The zero-order chi connectivity index (χ0) is 28.1. The highest BCUT2D eigenvalue weighted by atomic mass is 16.5. The number of esters is 1. The summed E-state index contributed by atoms with van der Waals surface area (Å²) in [5.41, 5.74) is 3.79. The first kappa shape index (κ1) is 27.2. The number of benzene rings is 3. The number of amides is 2. The van der Waals surface area contributed by atoms with Gasteiger partial charge in [0.05, 0.1) is 18.7 Å². The summed E-state index contributed by atoms with van der Waals surface area (Å²) in [6, 6.07) is 19.9. The summed E-state index contributed by atoms with van der Waals surface area (Å²) in [6.45, 7) is 4.14. The molecule has 0 saturated carbocycles. The van der Waals surface area contributed by atoms with Crippen molar-refractivity contribution >= 4 is 17.8 Å². The summed E-state index contributed by atoms with van der Waals surface area (Å²) >= 11 is 0. The van der Waals surface area contributed by atoms with E-state index in [9.17, 15) is 14.4 Å². The number of carbonyl (C=O) groups is 3. The van der Waals surface area contributed by atoms with Gasteiger partial charge >= 0.3 is 5.97 Å². The molecule has 0 radical (unpaired) electrons. The number of ether oxygens (including phenoxy) is 3. The van der Waals surface area contributed by atoms with Crippen LogP contribution in [-0.2, 0) is 22.6 Å². The number of carbonyl (C=O) groups excluding carboxylic acids is 3. The van der Waals surface area contributed by atoms with E-state index in [0.29, 0.717) is 48.7 Å². The topological polar surface area (TPSA) is 106 Å². The Labute approximate surface area is 233 Å². The van der Waals surface area contributed by atoms with Crippen LogP contribution in [0.4, 0.5) is 0 Å². The zero-order valence-electron chi connectivity index (χ0n) is 22.6. The molecular weight excluding hydrogens is 510 g/mol. The second-order valence-electron chi connectivity index (χ2n) is 10.1. The third-order valence-corrected chi connectivity index (χ3v) is 7.24. The van der Waals surface area contributed by atoms with Crippen LogP contribution in [-0.4, -0.2) is 61.6 Å². The molecule has 9 heteroatoms. The highest BCUT2D eigenvalue weighted by Crippen LogP contribution is 2.24. The molecule has 3 aromatic rings. The fraction of sp³-hybridized carbons (Fsp3) is 0.323. The van der Waals surface area contributed by atoms with Gasteiger partial charge in [-0.1, -0.05) is 30.3 Å². The van der Waals surface area contributed by atoms with Gasteiger partial charge in [-0.2, -0.15) is 0 Å². The van der Waals surface area contributed by atoms with Crippen LogP contribution in [0.1, 0.15) is 43.8 Å². The average Bonchev–Trinajstić information content (AvgIpc) is 2.97. The van der Waals surface area contributed by atoms with Crippen molar-refractivity contribution in [2.24, 2.45) is 0 Å². The SMILES string of the molecule is COC(=O)c1ccc(CN2CC[C@@H]3Oc4ccc(cc4)CNC(=O)COc4cc(ccc4C)C(=O)N[C@H]3C2)cc1. The van der Waals surface area contributed by atoms with Gasteiger partial charge in [-0.3, -0.25) is 14.5 Å². The number of methoxy groups -OCH3 is 1. The number of likely N-dealkylation sites (tertiary alicyclic amines) is 1. The predicted molar refractivity (Wildman–Crippen MR) is 148 cm³/mol. The molecule has 9 nitrogen and oxygen atoms in total. The number of nitrogens with one attached hydrogen (secondary N) is 2. The van der Waals surface area contributed by atoms with Crippen molar-refractivity contribution in [3.05, 3.63) is 94.5 Å². The lowest BCUT2D eigenvalue weighted by molar-refractivity contribution is -0.123. The maximum absolute atomic E-state index is 13.4. The van der Waals surface area contributed by atoms with E-state index in [0.717, 1.165) is 23.2 Å². The summed E-state index contributed by atoms with van der Waals surface area (Å²) in [5, 5.41) is 6.05. The summed E-state index contributed by atoms with van der Waals surface area (Å²) in [4.78, 5) is 39.8. The largest absolute Gasteiger partial charge is 0.488 e. The minimum Gasteiger partial charge on any atom is -0.488 e. The molecule has 3 heterocycles. The molecule has 3 aromatic carbocycles. The first-order chi connectivity index (χ1) is 19.4. The van der Waals surface area contributed by atoms with Crippen LogP contribution < -0.4 is 20.1 Å². The molecular formula is C31H33N3O6. The van der Waals surface area contributed by atoms with Crippen LogP contribution in [0, 0.1) is 6.92 Å². The lowest BCUT2D eigenvalue weighted by Gasteiger charge is -2.39. The number of hydrogen-bond acceptors (Lipinski definition) is 7. The Hall–Kier alpha value is -4.37. The second-order valence-corrected chi connectivity index (χ2v) is 10.1. The monoisotopic (exact) mass is 543 g/mol. The maximum atomic E-state index is 13.4. The van der Waals surface area contributed by atoms with Gasteiger partial charge in [-0.05, 0) is 66.4 Å². The van der Waals surface area contributed by atoms with E-state index in [2.05, 4.69) is 15.5 Å². The number of piperidine rings is 1. The van der Waals surface area contributed by atoms with Crippen molar-refractivity contribution in [3.8, 4) is 11.5 Å².